The lowest BCUT2D eigenvalue weighted by Crippen LogP contribution is -2.04. The van der Waals surface area contributed by atoms with E-state index in [9.17, 15) is 4.79 Å². The smallest absolute Gasteiger partial charge is 0.356 e. The molecule has 1 heterocycles. The highest BCUT2D eigenvalue weighted by Crippen LogP contribution is 2.37. The Labute approximate surface area is 94.4 Å². The third kappa shape index (κ3) is 1.87. The average molecular weight is 256 g/mol. The van der Waals surface area contributed by atoms with Gasteiger partial charge >= 0.3 is 5.97 Å². The minimum atomic E-state index is -1.30. The molecule has 0 aliphatic rings. The van der Waals surface area contributed by atoms with Gasteiger partial charge < -0.3 is 9.84 Å². The van der Waals surface area contributed by atoms with Crippen molar-refractivity contribution in [1.29, 1.82) is 0 Å². The second-order valence-electron chi connectivity index (χ2n) is 2.22. The van der Waals surface area contributed by atoms with Gasteiger partial charge in [0, 0.05) is 0 Å². The zero-order chi connectivity index (χ0) is 10.9. The van der Waals surface area contributed by atoms with Gasteiger partial charge in [-0.2, -0.15) is 0 Å². The SMILES string of the molecule is COc1nc(C(=O)O)c(Cl)c(Cl)c1Cl. The van der Waals surface area contributed by atoms with Crippen molar-refractivity contribution in [3.05, 3.63) is 20.8 Å². The van der Waals surface area contributed by atoms with E-state index in [4.69, 9.17) is 44.6 Å². The number of carboxylic acid groups (broad SMARTS) is 1. The molecule has 0 saturated heterocycles. The van der Waals surface area contributed by atoms with Gasteiger partial charge in [-0.25, -0.2) is 9.78 Å². The Bertz CT molecular complexity index is 394. The summed E-state index contributed by atoms with van der Waals surface area (Å²) in [6.07, 6.45) is 0. The number of pyridine rings is 1. The molecule has 0 spiro atoms. The molecular weight excluding hydrogens is 252 g/mol. The first-order valence-electron chi connectivity index (χ1n) is 3.30. The van der Waals surface area contributed by atoms with Gasteiger partial charge in [-0.15, -0.1) is 0 Å². The third-order valence-corrected chi connectivity index (χ3v) is 2.68. The van der Waals surface area contributed by atoms with Crippen LogP contribution in [0.3, 0.4) is 0 Å². The molecule has 1 aromatic heterocycles. The fourth-order valence-corrected chi connectivity index (χ4v) is 1.42. The number of rotatable bonds is 2. The largest absolute Gasteiger partial charge is 0.480 e. The third-order valence-electron chi connectivity index (χ3n) is 1.39. The number of aromatic nitrogens is 1. The molecule has 7 heteroatoms. The number of hydrogen-bond acceptors (Lipinski definition) is 3. The number of methoxy groups -OCH3 is 1. The first-order chi connectivity index (χ1) is 6.49. The Morgan fingerprint density at radius 2 is 1.86 bits per heavy atom. The maximum Gasteiger partial charge on any atom is 0.356 e. The summed E-state index contributed by atoms with van der Waals surface area (Å²) in [7, 11) is 1.30. The molecule has 1 aromatic rings. The van der Waals surface area contributed by atoms with E-state index in [1.807, 2.05) is 0 Å². The van der Waals surface area contributed by atoms with Crippen molar-refractivity contribution in [1.82, 2.24) is 4.98 Å². The molecule has 0 radical (unpaired) electrons. The second-order valence-corrected chi connectivity index (χ2v) is 3.35. The number of ether oxygens (including phenoxy) is 1. The van der Waals surface area contributed by atoms with E-state index < -0.39 is 11.7 Å². The molecule has 0 unspecified atom stereocenters. The minimum Gasteiger partial charge on any atom is -0.480 e. The van der Waals surface area contributed by atoms with Crippen molar-refractivity contribution in [2.24, 2.45) is 0 Å². The summed E-state index contributed by atoms with van der Waals surface area (Å²) in [6.45, 7) is 0. The average Bonchev–Trinajstić information content (AvgIpc) is 2.14. The standard InChI is InChI=1S/C7H4Cl3NO3/c1-14-6-4(10)2(8)3(9)5(11-6)7(12)13/h1H3,(H,12,13). The Morgan fingerprint density at radius 3 is 2.29 bits per heavy atom. The molecule has 0 amide bonds. The minimum absolute atomic E-state index is 0.0100. The van der Waals surface area contributed by atoms with E-state index in [1.165, 1.54) is 7.11 Å². The zero-order valence-electron chi connectivity index (χ0n) is 6.84. The van der Waals surface area contributed by atoms with Crippen LogP contribution in [0.4, 0.5) is 0 Å². The van der Waals surface area contributed by atoms with Gasteiger partial charge in [-0.05, 0) is 0 Å². The molecule has 4 nitrogen and oxygen atoms in total. The van der Waals surface area contributed by atoms with Crippen LogP contribution in [0.2, 0.25) is 15.1 Å². The number of carbonyl (C=O) groups is 1. The fourth-order valence-electron chi connectivity index (χ4n) is 0.771. The molecular formula is C7H4Cl3NO3. The van der Waals surface area contributed by atoms with Gasteiger partial charge in [0.1, 0.15) is 5.02 Å². The van der Waals surface area contributed by atoms with Crippen LogP contribution in [-0.4, -0.2) is 23.2 Å². The highest BCUT2D eigenvalue weighted by Gasteiger charge is 2.20. The number of halogens is 3. The molecule has 0 bridgehead atoms. The van der Waals surface area contributed by atoms with Crippen molar-refractivity contribution in [2.45, 2.75) is 0 Å². The van der Waals surface area contributed by atoms with Crippen molar-refractivity contribution in [2.75, 3.05) is 7.11 Å². The van der Waals surface area contributed by atoms with Crippen LogP contribution < -0.4 is 4.74 Å². The van der Waals surface area contributed by atoms with Crippen LogP contribution in [0, 0.1) is 0 Å². The van der Waals surface area contributed by atoms with E-state index in [1.54, 1.807) is 0 Å². The lowest BCUT2D eigenvalue weighted by atomic mass is 10.3. The highest BCUT2D eigenvalue weighted by molar-refractivity contribution is 6.49. The van der Waals surface area contributed by atoms with Crippen LogP contribution in [0.15, 0.2) is 0 Å². The summed E-state index contributed by atoms with van der Waals surface area (Å²) in [5.41, 5.74) is -0.391. The van der Waals surface area contributed by atoms with Crippen LogP contribution in [0.25, 0.3) is 0 Å². The van der Waals surface area contributed by atoms with Gasteiger partial charge in [-0.1, -0.05) is 34.8 Å². The molecule has 0 fully saturated rings. The Morgan fingerprint density at radius 1 is 1.29 bits per heavy atom. The van der Waals surface area contributed by atoms with Gasteiger partial charge in [0.15, 0.2) is 5.69 Å². The summed E-state index contributed by atoms with van der Waals surface area (Å²) >= 11 is 16.9. The predicted molar refractivity (Wildman–Crippen MR) is 52.8 cm³/mol. The summed E-state index contributed by atoms with van der Waals surface area (Å²) in [5.74, 6) is -1.37. The molecule has 76 valence electrons. The van der Waals surface area contributed by atoms with Crippen molar-refractivity contribution >= 4 is 40.8 Å². The van der Waals surface area contributed by atoms with E-state index in [2.05, 4.69) is 4.98 Å². The summed E-state index contributed by atoms with van der Waals surface area (Å²) < 4.78 is 4.72. The molecule has 1 rings (SSSR count). The number of carboxylic acids is 1. The van der Waals surface area contributed by atoms with Gasteiger partial charge in [0.2, 0.25) is 5.88 Å². The first kappa shape index (κ1) is 11.4. The Balaban J connectivity index is 3.48. The summed E-state index contributed by atoms with van der Waals surface area (Å²) in [6, 6.07) is 0. The van der Waals surface area contributed by atoms with Gasteiger partial charge in [0.25, 0.3) is 0 Å². The predicted octanol–water partition coefficient (Wildman–Crippen LogP) is 2.75. The van der Waals surface area contributed by atoms with Crippen molar-refractivity contribution in [3.63, 3.8) is 0 Å². The first-order valence-corrected chi connectivity index (χ1v) is 4.44. The summed E-state index contributed by atoms with van der Waals surface area (Å²) in [4.78, 5) is 14.2. The molecule has 0 aromatic carbocycles. The lowest BCUT2D eigenvalue weighted by Gasteiger charge is -2.07. The molecule has 0 saturated carbocycles. The monoisotopic (exact) mass is 255 g/mol. The van der Waals surface area contributed by atoms with Crippen LogP contribution >= 0.6 is 34.8 Å². The number of hydrogen-bond donors (Lipinski definition) is 1. The van der Waals surface area contributed by atoms with Crippen LogP contribution in [0.1, 0.15) is 10.5 Å². The van der Waals surface area contributed by atoms with E-state index in [0.29, 0.717) is 0 Å². The number of aromatic carboxylic acids is 1. The van der Waals surface area contributed by atoms with E-state index in [-0.39, 0.29) is 20.9 Å². The number of nitrogens with zero attached hydrogens (tertiary/aromatic N) is 1. The Hall–Kier alpha value is -0.710. The van der Waals surface area contributed by atoms with Crippen LogP contribution in [0.5, 0.6) is 5.88 Å². The van der Waals surface area contributed by atoms with Crippen LogP contribution in [-0.2, 0) is 0 Å². The maximum atomic E-state index is 10.6. The maximum absolute atomic E-state index is 10.6. The van der Waals surface area contributed by atoms with Gasteiger partial charge in [-0.3, -0.25) is 0 Å². The quantitative estimate of drug-likeness (QED) is 0.884. The fraction of sp³-hybridized carbons (Fsp3) is 0.143. The van der Waals surface area contributed by atoms with Crippen molar-refractivity contribution in [3.8, 4) is 5.88 Å². The topological polar surface area (TPSA) is 59.4 Å². The lowest BCUT2D eigenvalue weighted by molar-refractivity contribution is 0.0689. The second kappa shape index (κ2) is 4.21. The molecule has 0 aliphatic carbocycles. The molecule has 1 N–H and O–H groups in total. The molecule has 0 atom stereocenters. The van der Waals surface area contributed by atoms with E-state index in [0.717, 1.165) is 0 Å². The van der Waals surface area contributed by atoms with Crippen molar-refractivity contribution < 1.29 is 14.6 Å². The molecule has 0 aliphatic heterocycles. The van der Waals surface area contributed by atoms with E-state index >= 15 is 0 Å². The summed E-state index contributed by atoms with van der Waals surface area (Å²) in [5, 5.41) is 8.40. The molecule has 14 heavy (non-hydrogen) atoms. The zero-order valence-corrected chi connectivity index (χ0v) is 9.11. The Kier molecular flexibility index (Phi) is 3.42. The highest BCUT2D eigenvalue weighted by atomic mass is 35.5. The van der Waals surface area contributed by atoms with Gasteiger partial charge in [0.05, 0.1) is 17.2 Å². The normalized spacial score (nSPS) is 10.0.